The fourth-order valence-corrected chi connectivity index (χ4v) is 2.12. The maximum absolute atomic E-state index is 10.9. The van der Waals surface area contributed by atoms with Gasteiger partial charge in [-0.3, -0.25) is 4.79 Å². The van der Waals surface area contributed by atoms with Crippen LogP contribution in [0.4, 0.5) is 0 Å². The van der Waals surface area contributed by atoms with Gasteiger partial charge < -0.3 is 4.74 Å². The van der Waals surface area contributed by atoms with E-state index in [1.165, 1.54) is 0 Å². The molecule has 0 aromatic rings. The van der Waals surface area contributed by atoms with Gasteiger partial charge in [0.2, 0.25) is 0 Å². The van der Waals surface area contributed by atoms with Crippen LogP contribution in [0.25, 0.3) is 0 Å². The molecule has 3 atom stereocenters. The van der Waals surface area contributed by atoms with Crippen LogP contribution in [0.1, 0.15) is 53.4 Å². The minimum absolute atomic E-state index is 0.175. The average molecular weight is 279 g/mol. The van der Waals surface area contributed by atoms with Crippen molar-refractivity contribution >= 4 is 21.7 Å². The second-order valence-electron chi connectivity index (χ2n) is 3.70. The van der Waals surface area contributed by atoms with Gasteiger partial charge in [-0.15, -0.1) is 0 Å². The van der Waals surface area contributed by atoms with Gasteiger partial charge in [0, 0.05) is 11.2 Å². The molecule has 1 heterocycles. The normalized spacial score (nSPS) is 26.7. The van der Waals surface area contributed by atoms with Crippen molar-refractivity contribution in [2.75, 3.05) is 0 Å². The molecule has 1 aliphatic rings. The van der Waals surface area contributed by atoms with Crippen LogP contribution in [-0.4, -0.2) is 22.8 Å². The maximum Gasteiger partial charge on any atom is 0.132 e. The smallest absolute Gasteiger partial charge is 0.132 e. The van der Waals surface area contributed by atoms with Crippen LogP contribution in [0.2, 0.25) is 0 Å². The summed E-state index contributed by atoms with van der Waals surface area (Å²) in [4.78, 5) is 11.3. The predicted molar refractivity (Wildman–Crippen MR) is 67.5 cm³/mol. The van der Waals surface area contributed by atoms with Crippen LogP contribution in [0, 0.1) is 0 Å². The Morgan fingerprint density at radius 3 is 2.53 bits per heavy atom. The lowest BCUT2D eigenvalue weighted by molar-refractivity contribution is -0.119. The number of hydrogen-bond donors (Lipinski definition) is 0. The molecule has 1 rings (SSSR count). The first-order chi connectivity index (χ1) is 7.13. The Morgan fingerprint density at radius 2 is 2.07 bits per heavy atom. The molecule has 3 heteroatoms. The minimum atomic E-state index is 0.175. The fourth-order valence-electron chi connectivity index (χ4n) is 1.73. The first-order valence-electron chi connectivity index (χ1n) is 5.92. The lowest BCUT2D eigenvalue weighted by Gasteiger charge is -2.16. The molecule has 0 amide bonds. The molecule has 1 aliphatic heterocycles. The monoisotopic (exact) mass is 278 g/mol. The lowest BCUT2D eigenvalue weighted by Crippen LogP contribution is -2.21. The van der Waals surface area contributed by atoms with E-state index >= 15 is 0 Å². The summed E-state index contributed by atoms with van der Waals surface area (Å²) in [5.74, 6) is 0.230. The molecule has 90 valence electrons. The summed E-state index contributed by atoms with van der Waals surface area (Å²) in [5.41, 5.74) is 0. The Kier molecular flexibility index (Phi) is 8.34. The van der Waals surface area contributed by atoms with E-state index in [2.05, 4.69) is 22.9 Å². The van der Waals surface area contributed by atoms with Crippen LogP contribution < -0.4 is 0 Å². The van der Waals surface area contributed by atoms with E-state index in [-0.39, 0.29) is 11.9 Å². The summed E-state index contributed by atoms with van der Waals surface area (Å²) >= 11 is 3.59. The maximum atomic E-state index is 10.9. The Hall–Kier alpha value is 0.110. The first kappa shape index (κ1) is 15.1. The van der Waals surface area contributed by atoms with Crippen molar-refractivity contribution in [2.24, 2.45) is 0 Å². The van der Waals surface area contributed by atoms with Gasteiger partial charge in [-0.1, -0.05) is 36.7 Å². The van der Waals surface area contributed by atoms with Crippen molar-refractivity contribution < 1.29 is 9.53 Å². The second-order valence-corrected chi connectivity index (χ2v) is 4.88. The van der Waals surface area contributed by atoms with Gasteiger partial charge in [0.1, 0.15) is 5.78 Å². The fraction of sp³-hybridized carbons (Fsp3) is 0.917. The molecule has 2 nitrogen and oxygen atoms in total. The summed E-state index contributed by atoms with van der Waals surface area (Å²) in [6, 6.07) is 0. The van der Waals surface area contributed by atoms with E-state index in [1.54, 1.807) is 6.92 Å². The molecule has 1 fully saturated rings. The predicted octanol–water partition coefficient (Wildman–Crippen LogP) is 3.71. The third kappa shape index (κ3) is 5.67. The summed E-state index contributed by atoms with van der Waals surface area (Å²) in [6.45, 7) is 7.77. The van der Waals surface area contributed by atoms with Gasteiger partial charge in [-0.2, -0.15) is 0 Å². The molecule has 3 unspecified atom stereocenters. The zero-order valence-corrected chi connectivity index (χ0v) is 11.8. The third-order valence-electron chi connectivity index (χ3n) is 2.45. The highest BCUT2D eigenvalue weighted by Crippen LogP contribution is 2.28. The van der Waals surface area contributed by atoms with Gasteiger partial charge in [0.05, 0.1) is 12.2 Å². The molecule has 0 spiro atoms. The van der Waals surface area contributed by atoms with Crippen molar-refractivity contribution in [3.8, 4) is 0 Å². The summed E-state index contributed by atoms with van der Waals surface area (Å²) in [5, 5.41) is 0. The van der Waals surface area contributed by atoms with Crippen molar-refractivity contribution in [2.45, 2.75) is 70.4 Å². The number of halogens is 1. The number of rotatable bonds is 4. The van der Waals surface area contributed by atoms with Crippen LogP contribution in [0.3, 0.4) is 0 Å². The molecular formula is C12H23BrO2. The van der Waals surface area contributed by atoms with Crippen LogP contribution in [0.5, 0.6) is 0 Å². The highest BCUT2D eigenvalue weighted by atomic mass is 79.9. The number of carbonyl (C=O) groups is 1. The van der Waals surface area contributed by atoms with Gasteiger partial charge >= 0.3 is 0 Å². The quantitative estimate of drug-likeness (QED) is 0.733. The Balaban J connectivity index is 0.000000921. The SMILES string of the molecule is CC.CCC(Br)C1CCC(CC(C)=O)O1. The molecule has 0 aliphatic carbocycles. The molecule has 0 N–H and O–H groups in total. The molecule has 0 aromatic carbocycles. The summed E-state index contributed by atoms with van der Waals surface area (Å²) in [7, 11) is 0. The van der Waals surface area contributed by atoms with Gasteiger partial charge in [-0.05, 0) is 26.2 Å². The molecule has 0 bridgehead atoms. The summed E-state index contributed by atoms with van der Waals surface area (Å²) in [6.07, 6.45) is 4.27. The molecule has 0 aromatic heterocycles. The van der Waals surface area contributed by atoms with E-state index in [4.69, 9.17) is 4.74 Å². The topological polar surface area (TPSA) is 26.3 Å². The molecule has 0 radical (unpaired) electrons. The van der Waals surface area contributed by atoms with Gasteiger partial charge in [-0.25, -0.2) is 0 Å². The molecule has 1 saturated heterocycles. The van der Waals surface area contributed by atoms with Crippen LogP contribution in [0.15, 0.2) is 0 Å². The van der Waals surface area contributed by atoms with E-state index in [0.29, 0.717) is 17.4 Å². The zero-order chi connectivity index (χ0) is 11.8. The Labute approximate surface area is 102 Å². The van der Waals surface area contributed by atoms with Crippen LogP contribution in [-0.2, 0) is 9.53 Å². The average Bonchev–Trinajstić information content (AvgIpc) is 2.67. The number of carbonyl (C=O) groups excluding carboxylic acids is 1. The van der Waals surface area contributed by atoms with Gasteiger partial charge in [0.15, 0.2) is 0 Å². The second kappa shape index (κ2) is 8.28. The van der Waals surface area contributed by atoms with E-state index < -0.39 is 0 Å². The largest absolute Gasteiger partial charge is 0.373 e. The van der Waals surface area contributed by atoms with E-state index in [0.717, 1.165) is 19.3 Å². The standard InChI is InChI=1S/C10H17BrO2.C2H6/c1-3-9(11)10-5-4-8(13-10)6-7(2)12;1-2/h8-10H,3-6H2,1-2H3;1-2H3. The van der Waals surface area contributed by atoms with Crippen LogP contribution >= 0.6 is 15.9 Å². The third-order valence-corrected chi connectivity index (χ3v) is 3.69. The number of ether oxygens (including phenoxy) is 1. The molecule has 15 heavy (non-hydrogen) atoms. The summed E-state index contributed by atoms with van der Waals surface area (Å²) < 4.78 is 5.76. The highest BCUT2D eigenvalue weighted by Gasteiger charge is 2.29. The zero-order valence-electron chi connectivity index (χ0n) is 10.3. The van der Waals surface area contributed by atoms with E-state index in [9.17, 15) is 4.79 Å². The number of ketones is 1. The van der Waals surface area contributed by atoms with E-state index in [1.807, 2.05) is 13.8 Å². The first-order valence-corrected chi connectivity index (χ1v) is 6.84. The Bertz CT molecular complexity index is 182. The lowest BCUT2D eigenvalue weighted by atomic mass is 10.1. The van der Waals surface area contributed by atoms with Crippen molar-refractivity contribution in [3.05, 3.63) is 0 Å². The van der Waals surface area contributed by atoms with Gasteiger partial charge in [0.25, 0.3) is 0 Å². The molecular weight excluding hydrogens is 256 g/mol. The Morgan fingerprint density at radius 1 is 1.47 bits per heavy atom. The highest BCUT2D eigenvalue weighted by molar-refractivity contribution is 9.09. The van der Waals surface area contributed by atoms with Crippen molar-refractivity contribution in [1.29, 1.82) is 0 Å². The number of alkyl halides is 1. The van der Waals surface area contributed by atoms with Crippen molar-refractivity contribution in [1.82, 2.24) is 0 Å². The number of Topliss-reactive ketones (excluding diaryl/α,β-unsaturated/α-hetero) is 1. The van der Waals surface area contributed by atoms with Crippen molar-refractivity contribution in [3.63, 3.8) is 0 Å². The number of hydrogen-bond acceptors (Lipinski definition) is 2. The molecule has 0 saturated carbocycles. The minimum Gasteiger partial charge on any atom is -0.373 e.